The number of carbonyl (C=O) groups excluding carboxylic acids is 1. The number of nitrogens with one attached hydrogen (secondary N) is 1. The van der Waals surface area contributed by atoms with Crippen LogP contribution in [-0.4, -0.2) is 23.7 Å². The second-order valence-corrected chi connectivity index (χ2v) is 9.52. The van der Waals surface area contributed by atoms with Crippen molar-refractivity contribution in [2.45, 2.75) is 103 Å². The highest BCUT2D eigenvalue weighted by atomic mass is 16.5. The van der Waals surface area contributed by atoms with E-state index in [2.05, 4.69) is 45.1 Å². The van der Waals surface area contributed by atoms with E-state index < -0.39 is 0 Å². The van der Waals surface area contributed by atoms with Crippen molar-refractivity contribution in [2.24, 2.45) is 5.92 Å². The number of ether oxygens (including phenoxy) is 1. The minimum atomic E-state index is -0.178. The fourth-order valence-electron chi connectivity index (χ4n) is 5.22. The predicted molar refractivity (Wildman–Crippen MR) is 111 cm³/mol. The molecule has 0 radical (unpaired) electrons. The van der Waals surface area contributed by atoms with Crippen LogP contribution in [0.1, 0.15) is 101 Å². The molecule has 3 heteroatoms. The van der Waals surface area contributed by atoms with Gasteiger partial charge in [-0.05, 0) is 82.4 Å². The van der Waals surface area contributed by atoms with Crippen molar-refractivity contribution < 1.29 is 9.53 Å². The molecule has 2 unspecified atom stereocenters. The Bertz CT molecular complexity index is 614. The third kappa shape index (κ3) is 5.57. The molecule has 0 spiro atoms. The van der Waals surface area contributed by atoms with Gasteiger partial charge in [0.15, 0.2) is 0 Å². The maximum absolute atomic E-state index is 12.6. The maximum atomic E-state index is 12.6. The van der Waals surface area contributed by atoms with E-state index in [1.165, 1.54) is 44.1 Å². The van der Waals surface area contributed by atoms with E-state index in [-0.39, 0.29) is 17.6 Å². The first-order valence-electron chi connectivity index (χ1n) is 10.9. The molecule has 150 valence electrons. The Hall–Kier alpha value is -1.35. The van der Waals surface area contributed by atoms with E-state index in [0.29, 0.717) is 17.5 Å². The molecular weight excluding hydrogens is 334 g/mol. The summed E-state index contributed by atoms with van der Waals surface area (Å²) in [6.07, 6.45) is 9.71. The maximum Gasteiger partial charge on any atom is 0.338 e. The lowest BCUT2D eigenvalue weighted by atomic mass is 9.77. The zero-order valence-corrected chi connectivity index (χ0v) is 17.6. The molecule has 2 aliphatic rings. The number of benzene rings is 1. The van der Waals surface area contributed by atoms with Crippen LogP contribution in [-0.2, 0) is 4.74 Å². The smallest absolute Gasteiger partial charge is 0.338 e. The summed E-state index contributed by atoms with van der Waals surface area (Å²) in [5.41, 5.74) is 2.09. The molecule has 1 aromatic rings. The van der Waals surface area contributed by atoms with Crippen molar-refractivity contribution in [3.63, 3.8) is 0 Å². The SMILES string of the molecule is CCCC1CCC(c2ccc(C(=O)OC3CC(C)NC(C)(C)C3)cc2)CC1. The van der Waals surface area contributed by atoms with Gasteiger partial charge < -0.3 is 10.1 Å². The quantitative estimate of drug-likeness (QED) is 0.661. The van der Waals surface area contributed by atoms with E-state index >= 15 is 0 Å². The molecular formula is C24H37NO2. The van der Waals surface area contributed by atoms with Crippen LogP contribution in [0.15, 0.2) is 24.3 Å². The average molecular weight is 372 g/mol. The summed E-state index contributed by atoms with van der Waals surface area (Å²) < 4.78 is 5.83. The molecule has 2 fully saturated rings. The van der Waals surface area contributed by atoms with Crippen molar-refractivity contribution in [3.8, 4) is 0 Å². The fraction of sp³-hybridized carbons (Fsp3) is 0.708. The average Bonchev–Trinajstić information content (AvgIpc) is 2.61. The summed E-state index contributed by atoms with van der Waals surface area (Å²) >= 11 is 0. The first-order valence-corrected chi connectivity index (χ1v) is 10.9. The molecule has 0 aromatic heterocycles. The molecule has 1 saturated heterocycles. The molecule has 0 bridgehead atoms. The second-order valence-electron chi connectivity index (χ2n) is 9.52. The molecule has 0 amide bonds. The third-order valence-corrected chi connectivity index (χ3v) is 6.43. The fourth-order valence-corrected chi connectivity index (χ4v) is 5.22. The summed E-state index contributed by atoms with van der Waals surface area (Å²) in [6, 6.07) is 8.60. The molecule has 3 rings (SSSR count). The van der Waals surface area contributed by atoms with Crippen LogP contribution >= 0.6 is 0 Å². The lowest BCUT2D eigenvalue weighted by molar-refractivity contribution is 0.00586. The molecule has 3 nitrogen and oxygen atoms in total. The highest BCUT2D eigenvalue weighted by Crippen LogP contribution is 2.37. The van der Waals surface area contributed by atoms with Crippen LogP contribution in [0.3, 0.4) is 0 Å². The normalized spacial score (nSPS) is 30.7. The number of piperidine rings is 1. The van der Waals surface area contributed by atoms with E-state index in [0.717, 1.165) is 18.8 Å². The van der Waals surface area contributed by atoms with Crippen molar-refractivity contribution >= 4 is 5.97 Å². The zero-order chi connectivity index (χ0) is 19.4. The van der Waals surface area contributed by atoms with Gasteiger partial charge in [0.05, 0.1) is 5.56 Å². The van der Waals surface area contributed by atoms with Crippen LogP contribution < -0.4 is 5.32 Å². The van der Waals surface area contributed by atoms with Gasteiger partial charge in [-0.1, -0.05) is 31.9 Å². The third-order valence-electron chi connectivity index (χ3n) is 6.43. The number of esters is 1. The van der Waals surface area contributed by atoms with E-state index in [1.807, 2.05) is 12.1 Å². The molecule has 27 heavy (non-hydrogen) atoms. The van der Waals surface area contributed by atoms with Crippen molar-refractivity contribution in [3.05, 3.63) is 35.4 Å². The Morgan fingerprint density at radius 3 is 2.41 bits per heavy atom. The molecule has 1 aromatic carbocycles. The number of carbonyl (C=O) groups is 1. The van der Waals surface area contributed by atoms with E-state index in [9.17, 15) is 4.79 Å². The van der Waals surface area contributed by atoms with Crippen molar-refractivity contribution in [1.29, 1.82) is 0 Å². The Morgan fingerprint density at radius 2 is 1.81 bits per heavy atom. The first-order chi connectivity index (χ1) is 12.9. The van der Waals surface area contributed by atoms with Crippen molar-refractivity contribution in [2.75, 3.05) is 0 Å². The van der Waals surface area contributed by atoms with Gasteiger partial charge in [0.25, 0.3) is 0 Å². The van der Waals surface area contributed by atoms with Gasteiger partial charge in [0.1, 0.15) is 6.10 Å². The summed E-state index contributed by atoms with van der Waals surface area (Å²) in [5.74, 6) is 1.41. The molecule has 2 atom stereocenters. The Kier molecular flexibility index (Phi) is 6.62. The minimum Gasteiger partial charge on any atom is -0.459 e. The van der Waals surface area contributed by atoms with Gasteiger partial charge in [-0.15, -0.1) is 0 Å². The van der Waals surface area contributed by atoms with Gasteiger partial charge in [-0.2, -0.15) is 0 Å². The van der Waals surface area contributed by atoms with Crippen LogP contribution in [0.5, 0.6) is 0 Å². The predicted octanol–water partition coefficient (Wildman–Crippen LogP) is 5.84. The van der Waals surface area contributed by atoms with Crippen LogP contribution in [0, 0.1) is 5.92 Å². The summed E-state index contributed by atoms with van der Waals surface area (Å²) in [4.78, 5) is 12.6. The van der Waals surface area contributed by atoms with Crippen LogP contribution in [0.25, 0.3) is 0 Å². The van der Waals surface area contributed by atoms with E-state index in [1.54, 1.807) is 0 Å². The Labute approximate surface area is 165 Å². The lowest BCUT2D eigenvalue weighted by Gasteiger charge is -2.39. The monoisotopic (exact) mass is 371 g/mol. The molecule has 1 aliphatic carbocycles. The minimum absolute atomic E-state index is 0.00253. The van der Waals surface area contributed by atoms with Crippen molar-refractivity contribution in [1.82, 2.24) is 5.32 Å². The molecule has 1 aliphatic heterocycles. The summed E-state index contributed by atoms with van der Waals surface area (Å²) in [5, 5.41) is 3.56. The first kappa shape index (κ1) is 20.4. The van der Waals surface area contributed by atoms with Gasteiger partial charge in [0, 0.05) is 18.0 Å². The van der Waals surface area contributed by atoms with Crippen LogP contribution in [0.4, 0.5) is 0 Å². The molecule has 1 saturated carbocycles. The lowest BCUT2D eigenvalue weighted by Crippen LogP contribution is -2.53. The number of hydrogen-bond acceptors (Lipinski definition) is 3. The highest BCUT2D eigenvalue weighted by Gasteiger charge is 2.33. The summed E-state index contributed by atoms with van der Waals surface area (Å²) in [7, 11) is 0. The highest BCUT2D eigenvalue weighted by molar-refractivity contribution is 5.89. The second kappa shape index (κ2) is 8.77. The standard InChI is InChI=1S/C24H37NO2/c1-5-6-18-7-9-19(10-8-18)20-11-13-21(14-12-20)23(26)27-22-15-17(2)25-24(3,4)16-22/h11-14,17-19,22,25H,5-10,15-16H2,1-4H3. The number of rotatable bonds is 5. The molecule has 1 heterocycles. The van der Waals surface area contributed by atoms with Crippen LogP contribution in [0.2, 0.25) is 0 Å². The van der Waals surface area contributed by atoms with Gasteiger partial charge in [-0.3, -0.25) is 0 Å². The number of hydrogen-bond donors (Lipinski definition) is 1. The summed E-state index contributed by atoms with van der Waals surface area (Å²) in [6.45, 7) is 8.79. The Balaban J connectivity index is 1.55. The van der Waals surface area contributed by atoms with Gasteiger partial charge in [-0.25, -0.2) is 4.79 Å². The zero-order valence-electron chi connectivity index (χ0n) is 17.6. The Morgan fingerprint density at radius 1 is 1.15 bits per heavy atom. The van der Waals surface area contributed by atoms with Gasteiger partial charge >= 0.3 is 5.97 Å². The molecule has 1 N–H and O–H groups in total. The van der Waals surface area contributed by atoms with Gasteiger partial charge in [0.2, 0.25) is 0 Å². The topological polar surface area (TPSA) is 38.3 Å². The largest absolute Gasteiger partial charge is 0.459 e. The van der Waals surface area contributed by atoms with E-state index in [4.69, 9.17) is 4.74 Å².